The van der Waals surface area contributed by atoms with E-state index in [4.69, 9.17) is 11.6 Å². The summed E-state index contributed by atoms with van der Waals surface area (Å²) in [5, 5.41) is 0.352. The van der Waals surface area contributed by atoms with Gasteiger partial charge in [-0.3, -0.25) is 4.79 Å². The number of carbonyl (C=O) groups is 1. The Morgan fingerprint density at radius 3 is 2.39 bits per heavy atom. The van der Waals surface area contributed by atoms with Crippen molar-refractivity contribution in [1.29, 1.82) is 0 Å². The summed E-state index contributed by atoms with van der Waals surface area (Å²) < 4.78 is 13.6. The molecule has 0 heterocycles. The van der Waals surface area contributed by atoms with Gasteiger partial charge in [-0.2, -0.15) is 0 Å². The first-order valence-corrected chi connectivity index (χ1v) is 5.76. The fraction of sp³-hybridized carbons (Fsp3) is 0.0714. The molecule has 0 aliphatic carbocycles. The number of carbonyl (C=O) groups excluding carboxylic acids is 1. The largest absolute Gasteiger partial charge is 0.309 e. The molecule has 0 saturated carbocycles. The van der Waals surface area contributed by atoms with Gasteiger partial charge >= 0.3 is 0 Å². The summed E-state index contributed by atoms with van der Waals surface area (Å²) in [6.45, 7) is 0. The van der Waals surface area contributed by atoms with Crippen molar-refractivity contribution in [3.05, 3.63) is 64.9 Å². The van der Waals surface area contributed by atoms with Gasteiger partial charge in [-0.1, -0.05) is 35.9 Å². The molecule has 18 heavy (non-hydrogen) atoms. The molecule has 0 radical (unpaired) electrons. The Balaban J connectivity index is 2.36. The van der Waals surface area contributed by atoms with Gasteiger partial charge in [0.1, 0.15) is 5.82 Å². The summed E-state index contributed by atoms with van der Waals surface area (Å²) in [5.74, 6) is -0.786. The molecule has 0 atom stereocenters. The van der Waals surface area contributed by atoms with Crippen LogP contribution >= 0.6 is 11.6 Å². The molecule has 2 rings (SSSR count). The smallest absolute Gasteiger partial charge is 0.259 e. The van der Waals surface area contributed by atoms with Crippen molar-refractivity contribution in [3.63, 3.8) is 0 Å². The summed E-state index contributed by atoms with van der Waals surface area (Å²) >= 11 is 5.95. The highest BCUT2D eigenvalue weighted by Crippen LogP contribution is 2.22. The summed E-state index contributed by atoms with van der Waals surface area (Å²) in [6.07, 6.45) is 0. The van der Waals surface area contributed by atoms with E-state index in [2.05, 4.69) is 0 Å². The second-order valence-corrected chi connectivity index (χ2v) is 4.20. The van der Waals surface area contributed by atoms with Gasteiger partial charge in [0.25, 0.3) is 5.91 Å². The summed E-state index contributed by atoms with van der Waals surface area (Å²) in [4.78, 5) is 13.4. The molecule has 0 saturated heterocycles. The first-order chi connectivity index (χ1) is 8.61. The Labute approximate surface area is 110 Å². The first-order valence-electron chi connectivity index (χ1n) is 5.38. The number of hydrogen-bond donors (Lipinski definition) is 0. The maximum atomic E-state index is 13.6. The molecule has 0 spiro atoms. The second kappa shape index (κ2) is 5.19. The van der Waals surface area contributed by atoms with Crippen LogP contribution < -0.4 is 4.90 Å². The number of hydrogen-bond acceptors (Lipinski definition) is 1. The molecule has 92 valence electrons. The number of para-hydroxylation sites is 1. The number of anilines is 1. The van der Waals surface area contributed by atoms with Crippen LogP contribution in [0.25, 0.3) is 0 Å². The predicted molar refractivity (Wildman–Crippen MR) is 70.6 cm³/mol. The molecular weight excluding hydrogens is 253 g/mol. The van der Waals surface area contributed by atoms with Gasteiger partial charge in [0.15, 0.2) is 0 Å². The van der Waals surface area contributed by atoms with Gasteiger partial charge in [0.2, 0.25) is 0 Å². The average molecular weight is 264 g/mol. The average Bonchev–Trinajstić information content (AvgIpc) is 2.38. The van der Waals surface area contributed by atoms with Crippen LogP contribution in [0.4, 0.5) is 10.1 Å². The fourth-order valence-corrected chi connectivity index (χ4v) is 1.87. The Morgan fingerprint density at radius 2 is 1.72 bits per heavy atom. The molecule has 0 fully saturated rings. The highest BCUT2D eigenvalue weighted by molar-refractivity contribution is 6.34. The number of rotatable bonds is 2. The number of benzene rings is 2. The maximum Gasteiger partial charge on any atom is 0.259 e. The van der Waals surface area contributed by atoms with E-state index in [1.165, 1.54) is 18.0 Å². The van der Waals surface area contributed by atoms with Crippen LogP contribution in [0.15, 0.2) is 48.5 Å². The minimum absolute atomic E-state index is 0.224. The third-order valence-electron chi connectivity index (χ3n) is 2.62. The lowest BCUT2D eigenvalue weighted by Crippen LogP contribution is -2.27. The zero-order chi connectivity index (χ0) is 13.1. The van der Waals surface area contributed by atoms with Gasteiger partial charge in [0, 0.05) is 7.05 Å². The van der Waals surface area contributed by atoms with Crippen molar-refractivity contribution in [3.8, 4) is 0 Å². The van der Waals surface area contributed by atoms with E-state index in [-0.39, 0.29) is 11.6 Å². The lowest BCUT2D eigenvalue weighted by molar-refractivity contribution is 0.0992. The minimum Gasteiger partial charge on any atom is -0.309 e. The molecule has 0 aromatic heterocycles. The highest BCUT2D eigenvalue weighted by Gasteiger charge is 2.18. The zero-order valence-corrected chi connectivity index (χ0v) is 10.5. The van der Waals surface area contributed by atoms with Crippen molar-refractivity contribution in [2.24, 2.45) is 0 Å². The molecule has 0 bridgehead atoms. The van der Waals surface area contributed by atoms with E-state index >= 15 is 0 Å². The molecular formula is C14H11ClFNO. The van der Waals surface area contributed by atoms with E-state index in [0.717, 1.165) is 0 Å². The minimum atomic E-state index is -0.444. The van der Waals surface area contributed by atoms with Crippen LogP contribution in [0.1, 0.15) is 10.4 Å². The van der Waals surface area contributed by atoms with Crippen molar-refractivity contribution in [1.82, 2.24) is 0 Å². The third-order valence-corrected chi connectivity index (χ3v) is 2.95. The van der Waals surface area contributed by atoms with Gasteiger partial charge in [0.05, 0.1) is 16.3 Å². The monoisotopic (exact) mass is 263 g/mol. The van der Waals surface area contributed by atoms with Gasteiger partial charge in [-0.25, -0.2) is 4.39 Å². The Kier molecular flexibility index (Phi) is 3.63. The highest BCUT2D eigenvalue weighted by atomic mass is 35.5. The molecule has 0 N–H and O–H groups in total. The number of amides is 1. The molecule has 4 heteroatoms. The van der Waals surface area contributed by atoms with Crippen LogP contribution in [-0.4, -0.2) is 13.0 Å². The van der Waals surface area contributed by atoms with Gasteiger partial charge in [-0.15, -0.1) is 0 Å². The lowest BCUT2D eigenvalue weighted by Gasteiger charge is -2.18. The van der Waals surface area contributed by atoms with Crippen LogP contribution in [0.2, 0.25) is 5.02 Å². The predicted octanol–water partition coefficient (Wildman–Crippen LogP) is 3.76. The SMILES string of the molecule is CN(C(=O)c1ccccc1Cl)c1ccccc1F. The third kappa shape index (κ3) is 2.36. The van der Waals surface area contributed by atoms with E-state index in [0.29, 0.717) is 10.6 Å². The Hall–Kier alpha value is -1.87. The normalized spacial score (nSPS) is 10.2. The molecule has 2 nitrogen and oxygen atoms in total. The van der Waals surface area contributed by atoms with Crippen molar-refractivity contribution >= 4 is 23.2 Å². The van der Waals surface area contributed by atoms with Crippen molar-refractivity contribution < 1.29 is 9.18 Å². The fourth-order valence-electron chi connectivity index (χ4n) is 1.65. The topological polar surface area (TPSA) is 20.3 Å². The van der Waals surface area contributed by atoms with Gasteiger partial charge in [-0.05, 0) is 24.3 Å². The zero-order valence-electron chi connectivity index (χ0n) is 9.73. The van der Waals surface area contributed by atoms with Crippen LogP contribution in [0.3, 0.4) is 0 Å². The first kappa shape index (κ1) is 12.6. The molecule has 0 aliphatic heterocycles. The molecule has 0 unspecified atom stereocenters. The van der Waals surface area contributed by atoms with Crippen LogP contribution in [-0.2, 0) is 0 Å². The Bertz CT molecular complexity index is 586. The number of nitrogens with zero attached hydrogens (tertiary/aromatic N) is 1. The quantitative estimate of drug-likeness (QED) is 0.808. The molecule has 2 aromatic rings. The van der Waals surface area contributed by atoms with E-state index in [9.17, 15) is 9.18 Å². The summed E-state index contributed by atoms with van der Waals surface area (Å²) in [6, 6.07) is 12.8. The second-order valence-electron chi connectivity index (χ2n) is 3.80. The summed E-state index contributed by atoms with van der Waals surface area (Å²) in [5.41, 5.74) is 0.576. The number of halogens is 2. The van der Waals surface area contributed by atoms with Crippen molar-refractivity contribution in [2.75, 3.05) is 11.9 Å². The molecule has 1 amide bonds. The van der Waals surface area contributed by atoms with E-state index < -0.39 is 5.82 Å². The van der Waals surface area contributed by atoms with E-state index in [1.54, 1.807) is 42.5 Å². The summed E-state index contributed by atoms with van der Waals surface area (Å²) in [7, 11) is 1.52. The maximum absolute atomic E-state index is 13.6. The lowest BCUT2D eigenvalue weighted by atomic mass is 10.2. The Morgan fingerprint density at radius 1 is 1.11 bits per heavy atom. The van der Waals surface area contributed by atoms with Crippen molar-refractivity contribution in [2.45, 2.75) is 0 Å². The molecule has 0 aliphatic rings. The standard InChI is InChI=1S/C14H11ClFNO/c1-17(13-9-5-4-8-12(13)16)14(18)10-6-2-3-7-11(10)15/h2-9H,1H3. The van der Waals surface area contributed by atoms with Crippen LogP contribution in [0.5, 0.6) is 0 Å². The van der Waals surface area contributed by atoms with Crippen LogP contribution in [0, 0.1) is 5.82 Å². The van der Waals surface area contributed by atoms with Gasteiger partial charge < -0.3 is 4.90 Å². The molecule has 2 aromatic carbocycles. The van der Waals surface area contributed by atoms with E-state index in [1.807, 2.05) is 0 Å².